The van der Waals surface area contributed by atoms with Crippen molar-refractivity contribution in [1.29, 1.82) is 0 Å². The summed E-state index contributed by atoms with van der Waals surface area (Å²) in [4.78, 5) is 11.4. The Morgan fingerprint density at radius 2 is 1.67 bits per heavy atom. The number of ether oxygens (including phenoxy) is 5. The van der Waals surface area contributed by atoms with Gasteiger partial charge in [0.25, 0.3) is 0 Å². The average molecular weight is 345 g/mol. The summed E-state index contributed by atoms with van der Waals surface area (Å²) in [5.41, 5.74) is 0. The molecule has 0 saturated carbocycles. The molecule has 24 heavy (non-hydrogen) atoms. The summed E-state index contributed by atoms with van der Waals surface area (Å²) in [6, 6.07) is -0.189. The molecule has 0 aromatic rings. The largest absolute Gasteiger partial charge is 0.379 e. The van der Waals surface area contributed by atoms with E-state index >= 15 is 0 Å². The Kier molecular flexibility index (Phi) is 7.00. The Morgan fingerprint density at radius 1 is 1.00 bits per heavy atom. The number of carbonyl (C=O) groups excluding carboxylic acids is 1. The van der Waals surface area contributed by atoms with Gasteiger partial charge in [-0.15, -0.1) is 0 Å². The van der Waals surface area contributed by atoms with E-state index in [-0.39, 0.29) is 48.6 Å². The van der Waals surface area contributed by atoms with Gasteiger partial charge in [0, 0.05) is 34.0 Å². The third kappa shape index (κ3) is 4.67. The van der Waals surface area contributed by atoms with Gasteiger partial charge in [0.05, 0.1) is 36.6 Å². The second-order valence-electron chi connectivity index (χ2n) is 6.77. The van der Waals surface area contributed by atoms with Crippen molar-refractivity contribution >= 4 is 5.91 Å². The maximum atomic E-state index is 11.4. The van der Waals surface area contributed by atoms with Gasteiger partial charge >= 0.3 is 0 Å². The number of hydrogen-bond acceptors (Lipinski definition) is 6. The maximum absolute atomic E-state index is 11.4. The van der Waals surface area contributed by atoms with Crippen LogP contribution in [0.5, 0.6) is 0 Å². The quantitative estimate of drug-likeness (QED) is 0.808. The highest BCUT2D eigenvalue weighted by atomic mass is 16.7. The third-order valence-electron chi connectivity index (χ3n) is 4.82. The molecular weight excluding hydrogens is 314 g/mol. The minimum atomic E-state index is -0.419. The van der Waals surface area contributed by atoms with Gasteiger partial charge in [0.2, 0.25) is 5.91 Å². The highest BCUT2D eigenvalue weighted by Gasteiger charge is 2.42. The Hall–Kier alpha value is -0.730. The van der Waals surface area contributed by atoms with Crippen LogP contribution in [0, 0.1) is 0 Å². The molecule has 2 fully saturated rings. The second-order valence-corrected chi connectivity index (χ2v) is 6.77. The van der Waals surface area contributed by atoms with E-state index in [1.165, 1.54) is 6.92 Å². The van der Waals surface area contributed by atoms with Gasteiger partial charge < -0.3 is 29.0 Å². The first-order chi connectivity index (χ1) is 11.3. The van der Waals surface area contributed by atoms with Gasteiger partial charge in [0.1, 0.15) is 6.10 Å². The van der Waals surface area contributed by atoms with Gasteiger partial charge in [0.15, 0.2) is 6.29 Å². The SMILES string of the molecule is CO[C@H]1C[C@H](O[C@H]2[C@H](C)O[C@@H](C)C[C@@H]2OC)O[C@@H](C)[C@H]1NC(C)=O. The zero-order valence-corrected chi connectivity index (χ0v) is 15.5. The fourth-order valence-corrected chi connectivity index (χ4v) is 3.66. The molecule has 140 valence electrons. The van der Waals surface area contributed by atoms with Crippen molar-refractivity contribution in [3.05, 3.63) is 0 Å². The van der Waals surface area contributed by atoms with E-state index < -0.39 is 6.29 Å². The van der Waals surface area contributed by atoms with Crippen LogP contribution < -0.4 is 5.32 Å². The molecule has 1 N–H and O–H groups in total. The number of methoxy groups -OCH3 is 2. The van der Waals surface area contributed by atoms with E-state index in [0.29, 0.717) is 6.42 Å². The highest BCUT2D eigenvalue weighted by Crippen LogP contribution is 2.30. The summed E-state index contributed by atoms with van der Waals surface area (Å²) in [7, 11) is 3.33. The van der Waals surface area contributed by atoms with Crippen molar-refractivity contribution in [3.8, 4) is 0 Å². The smallest absolute Gasteiger partial charge is 0.217 e. The topological polar surface area (TPSA) is 75.2 Å². The standard InChI is InChI=1S/C17H31NO6/c1-9-7-14(21-6)17(11(3)22-9)24-15-8-13(20-5)16(10(2)23-15)18-12(4)19/h9-11,13-17H,7-8H2,1-6H3,(H,18,19)/t9-,10-,11-,13-,14-,15-,16+,17-/m0/s1. The monoisotopic (exact) mass is 345 g/mol. The molecule has 0 unspecified atom stereocenters. The van der Waals surface area contributed by atoms with Gasteiger partial charge in [-0.3, -0.25) is 4.79 Å². The number of rotatable bonds is 5. The van der Waals surface area contributed by atoms with Crippen LogP contribution in [0.15, 0.2) is 0 Å². The average Bonchev–Trinajstić information content (AvgIpc) is 2.51. The summed E-state index contributed by atoms with van der Waals surface area (Å²) >= 11 is 0. The molecule has 0 aromatic carbocycles. The fraction of sp³-hybridized carbons (Fsp3) is 0.941. The molecule has 2 aliphatic heterocycles. The van der Waals surface area contributed by atoms with Crippen LogP contribution in [0.25, 0.3) is 0 Å². The van der Waals surface area contributed by atoms with E-state index in [2.05, 4.69) is 5.32 Å². The predicted octanol–water partition coefficient (Wildman–Crippen LogP) is 1.24. The lowest BCUT2D eigenvalue weighted by Gasteiger charge is -2.44. The zero-order valence-electron chi connectivity index (χ0n) is 15.5. The molecule has 0 bridgehead atoms. The lowest BCUT2D eigenvalue weighted by molar-refractivity contribution is -0.283. The number of carbonyl (C=O) groups is 1. The zero-order chi connectivity index (χ0) is 17.9. The van der Waals surface area contributed by atoms with Crippen LogP contribution in [0.2, 0.25) is 0 Å². The van der Waals surface area contributed by atoms with Crippen LogP contribution in [-0.2, 0) is 28.5 Å². The number of hydrogen-bond donors (Lipinski definition) is 1. The molecule has 8 atom stereocenters. The van der Waals surface area contributed by atoms with Gasteiger partial charge in [-0.2, -0.15) is 0 Å². The van der Waals surface area contributed by atoms with Gasteiger partial charge in [-0.25, -0.2) is 0 Å². The van der Waals surface area contributed by atoms with Gasteiger partial charge in [-0.1, -0.05) is 0 Å². The molecule has 0 aromatic heterocycles. The normalized spacial score (nSPS) is 43.4. The van der Waals surface area contributed by atoms with Crippen LogP contribution in [0.4, 0.5) is 0 Å². The number of nitrogens with one attached hydrogen (secondary N) is 1. The summed E-state index contributed by atoms with van der Waals surface area (Å²) < 4.78 is 29.2. The van der Waals surface area contributed by atoms with Crippen LogP contribution in [-0.4, -0.2) is 69.1 Å². The maximum Gasteiger partial charge on any atom is 0.217 e. The van der Waals surface area contributed by atoms with E-state index in [0.717, 1.165) is 6.42 Å². The Balaban J connectivity index is 2.01. The van der Waals surface area contributed by atoms with Crippen LogP contribution in [0.1, 0.15) is 40.5 Å². The lowest BCUT2D eigenvalue weighted by atomic mass is 9.97. The molecule has 0 aliphatic carbocycles. The van der Waals surface area contributed by atoms with E-state index in [1.807, 2.05) is 20.8 Å². The first kappa shape index (κ1) is 19.6. The van der Waals surface area contributed by atoms with Crippen LogP contribution in [0.3, 0.4) is 0 Å². The molecular formula is C17H31NO6. The Labute approximate surface area is 144 Å². The molecule has 0 spiro atoms. The molecule has 0 radical (unpaired) electrons. The van der Waals surface area contributed by atoms with Crippen molar-refractivity contribution in [2.45, 2.75) is 89.5 Å². The van der Waals surface area contributed by atoms with Crippen molar-refractivity contribution in [2.75, 3.05) is 14.2 Å². The van der Waals surface area contributed by atoms with E-state index in [4.69, 9.17) is 23.7 Å². The Morgan fingerprint density at radius 3 is 2.25 bits per heavy atom. The molecule has 7 nitrogen and oxygen atoms in total. The Bertz CT molecular complexity index is 420. The van der Waals surface area contributed by atoms with Gasteiger partial charge in [-0.05, 0) is 20.8 Å². The lowest BCUT2D eigenvalue weighted by Crippen LogP contribution is -2.58. The van der Waals surface area contributed by atoms with Crippen molar-refractivity contribution in [3.63, 3.8) is 0 Å². The van der Waals surface area contributed by atoms with E-state index in [9.17, 15) is 4.79 Å². The first-order valence-corrected chi connectivity index (χ1v) is 8.64. The summed E-state index contributed by atoms with van der Waals surface area (Å²) in [6.45, 7) is 7.44. The molecule has 1 amide bonds. The predicted molar refractivity (Wildman–Crippen MR) is 87.6 cm³/mol. The minimum Gasteiger partial charge on any atom is -0.379 e. The molecule has 2 rings (SSSR count). The third-order valence-corrected chi connectivity index (χ3v) is 4.82. The van der Waals surface area contributed by atoms with Crippen molar-refractivity contribution in [2.24, 2.45) is 0 Å². The van der Waals surface area contributed by atoms with Crippen molar-refractivity contribution in [1.82, 2.24) is 5.32 Å². The second kappa shape index (κ2) is 8.58. The van der Waals surface area contributed by atoms with E-state index in [1.54, 1.807) is 14.2 Å². The molecule has 2 aliphatic rings. The number of amides is 1. The van der Waals surface area contributed by atoms with Crippen molar-refractivity contribution < 1.29 is 28.5 Å². The fourth-order valence-electron chi connectivity index (χ4n) is 3.66. The molecule has 2 heterocycles. The van der Waals surface area contributed by atoms with Crippen LogP contribution >= 0.6 is 0 Å². The first-order valence-electron chi connectivity index (χ1n) is 8.64. The minimum absolute atomic E-state index is 0.0308. The summed E-state index contributed by atoms with van der Waals surface area (Å²) in [5, 5.41) is 2.90. The molecule has 2 saturated heterocycles. The summed E-state index contributed by atoms with van der Waals surface area (Å²) in [6.07, 6.45) is 0.377. The molecule has 7 heteroatoms. The summed E-state index contributed by atoms with van der Waals surface area (Å²) in [5.74, 6) is -0.0976. The highest BCUT2D eigenvalue weighted by molar-refractivity contribution is 5.73.